The van der Waals surface area contributed by atoms with Crippen LogP contribution < -0.4 is 23.7 Å². The third-order valence-corrected chi connectivity index (χ3v) is 11.1. The predicted octanol–water partition coefficient (Wildman–Crippen LogP) is 7.14. The summed E-state index contributed by atoms with van der Waals surface area (Å²) in [6, 6.07) is 21.7. The van der Waals surface area contributed by atoms with Crippen molar-refractivity contribution < 1.29 is 38.1 Å². The van der Waals surface area contributed by atoms with Gasteiger partial charge in [0.1, 0.15) is 23.3 Å². The van der Waals surface area contributed by atoms with E-state index in [0.717, 1.165) is 59.4 Å². The van der Waals surface area contributed by atoms with Crippen molar-refractivity contribution in [1.82, 2.24) is 4.90 Å². The minimum absolute atomic E-state index is 0.0109. The average Bonchev–Trinajstić information content (AvgIpc) is 3.10. The first-order chi connectivity index (χ1) is 23.6. The molecule has 4 aliphatic rings. The molecule has 9 heteroatoms. The molecule has 8 rings (SSSR count). The topological polar surface area (TPSA) is 86.7 Å². The monoisotopic (exact) mass is 665 g/mol. The van der Waals surface area contributed by atoms with Gasteiger partial charge in [0.15, 0.2) is 29.0 Å². The summed E-state index contributed by atoms with van der Waals surface area (Å²) in [5.41, 5.74) is 6.71. The third-order valence-electron chi connectivity index (χ3n) is 11.1. The number of hydrogen-bond acceptors (Lipinski definition) is 7. The third kappa shape index (κ3) is 5.95. The Kier molecular flexibility index (Phi) is 8.67. The van der Waals surface area contributed by atoms with Crippen LogP contribution in [0.2, 0.25) is 0 Å². The Morgan fingerprint density at radius 1 is 0.837 bits per heavy atom. The molecule has 4 aliphatic heterocycles. The number of nitrogens with zero attached hydrogens (tertiary/aromatic N) is 2. The molecule has 0 saturated heterocycles. The Morgan fingerprint density at radius 3 is 2.29 bits per heavy atom. The highest BCUT2D eigenvalue weighted by Crippen LogP contribution is 2.48. The Labute approximate surface area is 288 Å². The minimum atomic E-state index is -0.812. The minimum Gasteiger partial charge on any atom is -0.497 e. The van der Waals surface area contributed by atoms with Gasteiger partial charge in [-0.05, 0) is 91.5 Å². The number of hydrogen-bond donors (Lipinski definition) is 1. The number of carbonyl (C=O) groups is 1. The first kappa shape index (κ1) is 32.8. The molecular weight excluding hydrogens is 620 g/mol. The molecule has 4 aromatic rings. The molecule has 0 saturated carbocycles. The van der Waals surface area contributed by atoms with Gasteiger partial charge in [0.25, 0.3) is 0 Å². The smallest absolute Gasteiger partial charge is 0.362 e. The summed E-state index contributed by atoms with van der Waals surface area (Å²) < 4.78 is 31.2. The van der Waals surface area contributed by atoms with Gasteiger partial charge in [0.2, 0.25) is 0 Å². The van der Waals surface area contributed by atoms with Gasteiger partial charge < -0.3 is 33.3 Å². The summed E-state index contributed by atoms with van der Waals surface area (Å²) in [5, 5.41) is 10.3. The number of carboxylic acid groups (broad SMARTS) is 1. The molecule has 0 radical (unpaired) electrons. The van der Waals surface area contributed by atoms with Gasteiger partial charge in [-0.1, -0.05) is 18.2 Å². The van der Waals surface area contributed by atoms with E-state index >= 15 is 0 Å². The van der Waals surface area contributed by atoms with Gasteiger partial charge in [-0.15, -0.1) is 0 Å². The largest absolute Gasteiger partial charge is 0.497 e. The molecule has 0 aliphatic carbocycles. The van der Waals surface area contributed by atoms with Crippen LogP contribution in [-0.4, -0.2) is 75.0 Å². The molecule has 0 amide bonds. The van der Waals surface area contributed by atoms with Crippen molar-refractivity contribution in [1.29, 1.82) is 0 Å². The average molecular weight is 666 g/mol. The first-order valence-electron chi connectivity index (χ1n) is 16.9. The van der Waals surface area contributed by atoms with Crippen LogP contribution in [0.15, 0.2) is 66.7 Å². The molecule has 0 fully saturated rings. The predicted molar refractivity (Wildman–Crippen MR) is 187 cm³/mol. The molecule has 6 bridgehead atoms. The highest BCUT2D eigenvalue weighted by molar-refractivity contribution is 5.71. The van der Waals surface area contributed by atoms with Crippen molar-refractivity contribution in [2.75, 3.05) is 48.5 Å². The molecule has 9 nitrogen and oxygen atoms in total. The van der Waals surface area contributed by atoms with E-state index in [9.17, 15) is 9.90 Å². The molecule has 1 N–H and O–H groups in total. The molecule has 4 atom stereocenters. The number of benzene rings is 4. The van der Waals surface area contributed by atoms with Gasteiger partial charge in [-0.25, -0.2) is 4.79 Å². The lowest BCUT2D eigenvalue weighted by Gasteiger charge is -2.48. The zero-order valence-electron chi connectivity index (χ0n) is 29.1. The zero-order chi connectivity index (χ0) is 34.4. The van der Waals surface area contributed by atoms with Gasteiger partial charge in [-0.2, -0.15) is 0 Å². The second kappa shape index (κ2) is 12.9. The summed E-state index contributed by atoms with van der Waals surface area (Å²) in [5.74, 6) is 3.89. The van der Waals surface area contributed by atoms with Crippen molar-refractivity contribution in [2.45, 2.75) is 50.7 Å². The number of likely N-dealkylation sites (N-methyl/N-ethyl adjacent to an activating group) is 2. The van der Waals surface area contributed by atoms with E-state index in [1.807, 2.05) is 31.2 Å². The standard InChI is InChI=1S/C40H44N2O7/c1-24(40(43)44)42(3)16-14-27-21-35(47-6)37-23-31(27)33(42)18-25-7-10-29(11-8-25)48-36-19-26(9-12-34(36)46-5)17-32-39-28(13-15-41(32)2)20-30(45-4)22-38(39)49-37/h7-12,19-24,32-33H,13-18H2,1-6H3/p+1. The number of quaternary nitrogens is 1. The molecule has 49 heavy (non-hydrogen) atoms. The van der Waals surface area contributed by atoms with E-state index in [1.165, 1.54) is 5.56 Å². The Morgan fingerprint density at radius 2 is 1.57 bits per heavy atom. The number of carboxylic acids is 1. The quantitative estimate of drug-likeness (QED) is 0.225. The number of fused-ring (bicyclic) bond motifs is 2. The van der Waals surface area contributed by atoms with Crippen LogP contribution in [0.3, 0.4) is 0 Å². The van der Waals surface area contributed by atoms with Crippen molar-refractivity contribution in [2.24, 2.45) is 0 Å². The molecule has 256 valence electrons. The van der Waals surface area contributed by atoms with Crippen molar-refractivity contribution >= 4 is 5.97 Å². The normalized spacial score (nSPS) is 22.0. The Hall–Kier alpha value is -4.73. The first-order valence-corrected chi connectivity index (χ1v) is 16.9. The summed E-state index contributed by atoms with van der Waals surface area (Å²) in [7, 11) is 9.23. The number of methoxy groups -OCH3 is 3. The molecule has 0 spiro atoms. The van der Waals surface area contributed by atoms with Crippen LogP contribution in [0.25, 0.3) is 0 Å². The Balaban J connectivity index is 1.46. The van der Waals surface area contributed by atoms with E-state index in [4.69, 9.17) is 23.7 Å². The molecular formula is C40H45N2O7+. The summed E-state index contributed by atoms with van der Waals surface area (Å²) in [4.78, 5) is 14.9. The SMILES string of the molecule is COc1cc2c3c(c1)Oc1cc4c(cc1OC)CC[N+](C)(C(C)C(=O)O)C4Cc1ccc(cc1)Oc1cc(ccc1OC)CC3N(C)CC2. The maximum absolute atomic E-state index is 12.5. The number of aliphatic carboxylic acids is 1. The molecule has 4 unspecified atom stereocenters. The van der Waals surface area contributed by atoms with Gasteiger partial charge in [0.05, 0.1) is 34.9 Å². The summed E-state index contributed by atoms with van der Waals surface area (Å²) in [6.07, 6.45) is 2.93. The van der Waals surface area contributed by atoms with Crippen molar-refractivity contribution in [3.63, 3.8) is 0 Å². The summed E-state index contributed by atoms with van der Waals surface area (Å²) >= 11 is 0. The molecule has 4 aromatic carbocycles. The zero-order valence-corrected chi connectivity index (χ0v) is 29.1. The van der Waals surface area contributed by atoms with Gasteiger partial charge >= 0.3 is 5.97 Å². The highest BCUT2D eigenvalue weighted by Gasteiger charge is 2.46. The molecule has 0 aromatic heterocycles. The second-order valence-corrected chi connectivity index (χ2v) is 13.7. The van der Waals surface area contributed by atoms with E-state index in [-0.39, 0.29) is 12.1 Å². The maximum atomic E-state index is 12.5. The van der Waals surface area contributed by atoms with Crippen molar-refractivity contribution in [3.8, 4) is 40.2 Å². The van der Waals surface area contributed by atoms with E-state index < -0.39 is 12.0 Å². The fraction of sp³-hybridized carbons (Fsp3) is 0.375. The van der Waals surface area contributed by atoms with Crippen LogP contribution >= 0.6 is 0 Å². The Bertz CT molecular complexity index is 1890. The van der Waals surface area contributed by atoms with Crippen LogP contribution in [-0.2, 0) is 30.5 Å². The van der Waals surface area contributed by atoms with Gasteiger partial charge in [-0.3, -0.25) is 4.90 Å². The number of ether oxygens (including phenoxy) is 5. The lowest BCUT2D eigenvalue weighted by Crippen LogP contribution is -2.59. The van der Waals surface area contributed by atoms with Crippen LogP contribution in [0.1, 0.15) is 52.4 Å². The lowest BCUT2D eigenvalue weighted by molar-refractivity contribution is -0.954. The fourth-order valence-electron chi connectivity index (χ4n) is 7.94. The lowest BCUT2D eigenvalue weighted by atomic mass is 9.85. The summed E-state index contributed by atoms with van der Waals surface area (Å²) in [6.45, 7) is 3.39. The maximum Gasteiger partial charge on any atom is 0.362 e. The number of rotatable bonds is 5. The second-order valence-electron chi connectivity index (χ2n) is 13.7. The fourth-order valence-corrected chi connectivity index (χ4v) is 7.94. The van der Waals surface area contributed by atoms with E-state index in [0.29, 0.717) is 51.9 Å². The van der Waals surface area contributed by atoms with E-state index in [1.54, 1.807) is 21.3 Å². The van der Waals surface area contributed by atoms with Crippen molar-refractivity contribution in [3.05, 3.63) is 100 Å². The van der Waals surface area contributed by atoms with E-state index in [2.05, 4.69) is 61.5 Å². The van der Waals surface area contributed by atoms with Crippen LogP contribution in [0.5, 0.6) is 40.2 Å². The van der Waals surface area contributed by atoms with Gasteiger partial charge in [0, 0.05) is 42.6 Å². The van der Waals surface area contributed by atoms with Crippen LogP contribution in [0, 0.1) is 0 Å². The van der Waals surface area contributed by atoms with Crippen LogP contribution in [0.4, 0.5) is 0 Å². The highest BCUT2D eigenvalue weighted by atomic mass is 16.5. The molecule has 4 heterocycles.